The fourth-order valence-corrected chi connectivity index (χ4v) is 5.65. The van der Waals surface area contributed by atoms with E-state index in [9.17, 15) is 17.2 Å². The zero-order valence-electron chi connectivity index (χ0n) is 14.9. The number of anilines is 1. The zero-order chi connectivity index (χ0) is 19.9. The molecule has 0 aliphatic carbocycles. The topological polar surface area (TPSA) is 49.9 Å². The van der Waals surface area contributed by atoms with Gasteiger partial charge in [-0.3, -0.25) is 0 Å². The van der Waals surface area contributed by atoms with Crippen LogP contribution in [0.1, 0.15) is 18.4 Å². The molecule has 1 fully saturated rings. The van der Waals surface area contributed by atoms with Crippen molar-refractivity contribution >= 4 is 31.6 Å². The van der Waals surface area contributed by atoms with Crippen molar-refractivity contribution in [1.82, 2.24) is 4.31 Å². The van der Waals surface area contributed by atoms with Crippen molar-refractivity contribution in [2.45, 2.75) is 30.4 Å². The first-order chi connectivity index (χ1) is 13.4. The number of halogens is 3. The number of piperidine rings is 1. The minimum atomic E-state index is -3.85. The van der Waals surface area contributed by atoms with Gasteiger partial charge in [0.1, 0.15) is 6.73 Å². The van der Waals surface area contributed by atoms with Crippen LogP contribution in [0, 0.1) is 11.6 Å². The number of nitrogens with zero attached hydrogens (tertiary/aromatic N) is 2. The fourth-order valence-electron chi connectivity index (χ4n) is 3.76. The highest BCUT2D eigenvalue weighted by Gasteiger charge is 2.33. The van der Waals surface area contributed by atoms with E-state index in [4.69, 9.17) is 4.74 Å². The quantitative estimate of drug-likeness (QED) is 0.680. The Morgan fingerprint density at radius 2 is 1.79 bits per heavy atom. The summed E-state index contributed by atoms with van der Waals surface area (Å²) < 4.78 is 60.2. The lowest BCUT2D eigenvalue weighted by Crippen LogP contribution is -2.48. The Kier molecular flexibility index (Phi) is 5.43. The molecule has 2 aliphatic heterocycles. The second-order valence-corrected chi connectivity index (χ2v) is 9.79. The molecule has 2 aromatic carbocycles. The number of hydrogen-bond donors (Lipinski definition) is 0. The molecular formula is C19H19BrF2N2O3S. The Bertz CT molecular complexity index is 995. The van der Waals surface area contributed by atoms with Crippen LogP contribution in [0.3, 0.4) is 0 Å². The molecule has 0 N–H and O–H groups in total. The molecule has 28 heavy (non-hydrogen) atoms. The smallest absolute Gasteiger partial charge is 0.243 e. The molecule has 0 saturated carbocycles. The summed E-state index contributed by atoms with van der Waals surface area (Å²) in [5.41, 5.74) is 2.20. The van der Waals surface area contributed by atoms with Crippen molar-refractivity contribution in [3.8, 4) is 0 Å². The van der Waals surface area contributed by atoms with Crippen LogP contribution in [-0.2, 0) is 21.4 Å². The first kappa shape index (κ1) is 19.8. The van der Waals surface area contributed by atoms with E-state index in [2.05, 4.69) is 20.8 Å². The Morgan fingerprint density at radius 1 is 1.04 bits per heavy atom. The normalized spacial score (nSPS) is 18.9. The summed E-state index contributed by atoms with van der Waals surface area (Å²) in [6, 6.07) is 8.90. The average molecular weight is 473 g/mol. The number of hydrogen-bond acceptors (Lipinski definition) is 4. The van der Waals surface area contributed by atoms with E-state index in [0.29, 0.717) is 39.3 Å². The van der Waals surface area contributed by atoms with Crippen molar-refractivity contribution in [1.29, 1.82) is 0 Å². The lowest BCUT2D eigenvalue weighted by atomic mass is 10.0. The van der Waals surface area contributed by atoms with E-state index >= 15 is 0 Å². The van der Waals surface area contributed by atoms with E-state index in [1.807, 2.05) is 18.2 Å². The van der Waals surface area contributed by atoms with Gasteiger partial charge >= 0.3 is 0 Å². The summed E-state index contributed by atoms with van der Waals surface area (Å²) in [7, 11) is -3.85. The SMILES string of the molecule is O=S(=O)(c1ccc(F)c(F)c1)N1CCC(N2COCc3cc(Br)ccc32)CC1. The van der Waals surface area contributed by atoms with Gasteiger partial charge in [-0.15, -0.1) is 0 Å². The van der Waals surface area contributed by atoms with E-state index in [0.717, 1.165) is 33.9 Å². The van der Waals surface area contributed by atoms with Gasteiger partial charge in [-0.05, 0) is 49.2 Å². The molecule has 2 heterocycles. The van der Waals surface area contributed by atoms with Gasteiger partial charge in [0.15, 0.2) is 11.6 Å². The molecule has 0 radical (unpaired) electrons. The van der Waals surface area contributed by atoms with Gasteiger partial charge < -0.3 is 9.64 Å². The van der Waals surface area contributed by atoms with Crippen molar-refractivity contribution in [3.05, 3.63) is 58.1 Å². The Morgan fingerprint density at radius 3 is 2.50 bits per heavy atom. The van der Waals surface area contributed by atoms with Crippen LogP contribution in [0.4, 0.5) is 14.5 Å². The molecule has 150 valence electrons. The second kappa shape index (κ2) is 7.70. The third kappa shape index (κ3) is 3.68. The maximum atomic E-state index is 13.5. The third-order valence-corrected chi connectivity index (χ3v) is 7.62. The molecular weight excluding hydrogens is 454 g/mol. The largest absolute Gasteiger partial charge is 0.356 e. The highest BCUT2D eigenvalue weighted by Crippen LogP contribution is 2.33. The highest BCUT2D eigenvalue weighted by molar-refractivity contribution is 9.10. The minimum absolute atomic E-state index is 0.150. The van der Waals surface area contributed by atoms with Gasteiger partial charge in [0.25, 0.3) is 0 Å². The molecule has 1 saturated heterocycles. The molecule has 9 heteroatoms. The molecule has 5 nitrogen and oxygen atoms in total. The highest BCUT2D eigenvalue weighted by atomic mass is 79.9. The second-order valence-electron chi connectivity index (χ2n) is 6.93. The van der Waals surface area contributed by atoms with Crippen LogP contribution in [0.25, 0.3) is 0 Å². The molecule has 2 aliphatic rings. The van der Waals surface area contributed by atoms with Crippen LogP contribution < -0.4 is 4.90 Å². The lowest BCUT2D eigenvalue weighted by Gasteiger charge is -2.41. The van der Waals surface area contributed by atoms with Crippen molar-refractivity contribution < 1.29 is 21.9 Å². The molecule has 0 atom stereocenters. The Hall–Kier alpha value is -1.55. The zero-order valence-corrected chi connectivity index (χ0v) is 17.3. The van der Waals surface area contributed by atoms with E-state index in [1.54, 1.807) is 0 Å². The van der Waals surface area contributed by atoms with E-state index < -0.39 is 21.7 Å². The summed E-state index contributed by atoms with van der Waals surface area (Å²) in [4.78, 5) is 1.95. The maximum Gasteiger partial charge on any atom is 0.243 e. The number of fused-ring (bicyclic) bond motifs is 1. The number of rotatable bonds is 3. The fraction of sp³-hybridized carbons (Fsp3) is 0.368. The minimum Gasteiger partial charge on any atom is -0.356 e. The van der Waals surface area contributed by atoms with Gasteiger partial charge in [-0.2, -0.15) is 4.31 Å². The van der Waals surface area contributed by atoms with Crippen LogP contribution in [-0.4, -0.2) is 38.6 Å². The molecule has 4 rings (SSSR count). The maximum absolute atomic E-state index is 13.5. The van der Waals surface area contributed by atoms with Crippen LogP contribution in [0.2, 0.25) is 0 Å². The molecule has 0 aromatic heterocycles. The molecule has 0 spiro atoms. The third-order valence-electron chi connectivity index (χ3n) is 5.23. The predicted octanol–water partition coefficient (Wildman–Crippen LogP) is 3.87. The standard InChI is InChI=1S/C19H19BrF2N2O3S/c20-14-1-4-19-13(9-14)11-27-12-24(19)15-5-7-23(8-6-15)28(25,26)16-2-3-17(21)18(22)10-16/h1-4,9-10,15H,5-8,11-12H2. The summed E-state index contributed by atoms with van der Waals surface area (Å²) >= 11 is 3.47. The van der Waals surface area contributed by atoms with Gasteiger partial charge in [0, 0.05) is 34.9 Å². The van der Waals surface area contributed by atoms with Gasteiger partial charge in [-0.25, -0.2) is 17.2 Å². The van der Waals surface area contributed by atoms with Crippen LogP contribution in [0.15, 0.2) is 45.8 Å². The van der Waals surface area contributed by atoms with Gasteiger partial charge in [0.05, 0.1) is 11.5 Å². The van der Waals surface area contributed by atoms with E-state index in [-0.39, 0.29) is 10.9 Å². The van der Waals surface area contributed by atoms with Crippen LogP contribution >= 0.6 is 15.9 Å². The number of ether oxygens (including phenoxy) is 1. The number of sulfonamides is 1. The molecule has 2 aromatic rings. The van der Waals surface area contributed by atoms with Crippen LogP contribution in [0.5, 0.6) is 0 Å². The summed E-state index contributed by atoms with van der Waals surface area (Å²) in [5, 5.41) is 0. The lowest BCUT2D eigenvalue weighted by molar-refractivity contribution is 0.0987. The van der Waals surface area contributed by atoms with Crippen molar-refractivity contribution in [3.63, 3.8) is 0 Å². The first-order valence-electron chi connectivity index (χ1n) is 8.94. The Balaban J connectivity index is 1.49. The Labute approximate surface area is 171 Å². The predicted molar refractivity (Wildman–Crippen MR) is 104 cm³/mol. The molecule has 0 unspecified atom stereocenters. The summed E-state index contributed by atoms with van der Waals surface area (Å²) in [5.74, 6) is -2.22. The van der Waals surface area contributed by atoms with Gasteiger partial charge in [0.2, 0.25) is 10.0 Å². The number of benzene rings is 2. The first-order valence-corrected chi connectivity index (χ1v) is 11.2. The molecule has 0 amide bonds. The monoisotopic (exact) mass is 472 g/mol. The van der Waals surface area contributed by atoms with E-state index in [1.165, 1.54) is 4.31 Å². The molecule has 0 bridgehead atoms. The summed E-state index contributed by atoms with van der Waals surface area (Å²) in [6.45, 7) is 1.65. The van der Waals surface area contributed by atoms with Crippen molar-refractivity contribution in [2.75, 3.05) is 24.7 Å². The van der Waals surface area contributed by atoms with Crippen molar-refractivity contribution in [2.24, 2.45) is 0 Å². The van der Waals surface area contributed by atoms with Gasteiger partial charge in [-0.1, -0.05) is 15.9 Å². The summed E-state index contributed by atoms with van der Waals surface area (Å²) in [6.07, 6.45) is 1.25. The average Bonchev–Trinajstić information content (AvgIpc) is 2.69.